The van der Waals surface area contributed by atoms with Gasteiger partial charge in [0.2, 0.25) is 6.04 Å². The van der Waals surface area contributed by atoms with E-state index in [4.69, 9.17) is 0 Å². The van der Waals surface area contributed by atoms with Crippen molar-refractivity contribution in [3.8, 4) is 0 Å². The SMILES string of the molecule is COC(=O)C1NC(=O)NC(=O)C1[N+](=O)[O-]. The number of rotatable bonds is 2. The maximum Gasteiger partial charge on any atom is 0.336 e. The van der Waals surface area contributed by atoms with E-state index in [0.29, 0.717) is 0 Å². The quantitative estimate of drug-likeness (QED) is 0.313. The van der Waals surface area contributed by atoms with Crippen LogP contribution in [0.25, 0.3) is 0 Å². The molecule has 0 saturated carbocycles. The van der Waals surface area contributed by atoms with Crippen LogP contribution in [0.1, 0.15) is 0 Å². The Balaban J connectivity index is 2.97. The van der Waals surface area contributed by atoms with E-state index in [1.54, 1.807) is 5.32 Å². The van der Waals surface area contributed by atoms with Gasteiger partial charge in [0.15, 0.2) is 0 Å². The van der Waals surface area contributed by atoms with Gasteiger partial charge in [-0.1, -0.05) is 0 Å². The number of nitro groups is 1. The highest BCUT2D eigenvalue weighted by Gasteiger charge is 2.49. The van der Waals surface area contributed by atoms with Gasteiger partial charge < -0.3 is 10.1 Å². The minimum atomic E-state index is -1.87. The van der Waals surface area contributed by atoms with E-state index >= 15 is 0 Å². The van der Waals surface area contributed by atoms with E-state index in [1.165, 1.54) is 0 Å². The van der Waals surface area contributed by atoms with E-state index < -0.39 is 34.9 Å². The first-order valence-electron chi connectivity index (χ1n) is 3.80. The lowest BCUT2D eigenvalue weighted by atomic mass is 10.1. The Kier molecular flexibility index (Phi) is 2.83. The summed E-state index contributed by atoms with van der Waals surface area (Å²) < 4.78 is 4.23. The number of amides is 3. The number of imide groups is 1. The van der Waals surface area contributed by atoms with Gasteiger partial charge in [-0.2, -0.15) is 0 Å². The molecule has 1 rings (SSSR count). The van der Waals surface area contributed by atoms with Crippen LogP contribution in [0.15, 0.2) is 0 Å². The number of nitrogens with one attached hydrogen (secondary N) is 2. The van der Waals surface area contributed by atoms with Gasteiger partial charge in [0.25, 0.3) is 0 Å². The van der Waals surface area contributed by atoms with Crippen LogP contribution in [-0.4, -0.2) is 42.0 Å². The Morgan fingerprint density at radius 2 is 2.13 bits per heavy atom. The second-order valence-corrected chi connectivity index (χ2v) is 2.69. The van der Waals surface area contributed by atoms with Crippen molar-refractivity contribution in [1.29, 1.82) is 0 Å². The van der Waals surface area contributed by atoms with Crippen molar-refractivity contribution in [2.75, 3.05) is 7.11 Å². The summed E-state index contributed by atoms with van der Waals surface area (Å²) in [5.41, 5.74) is 0. The van der Waals surface area contributed by atoms with E-state index in [0.717, 1.165) is 7.11 Å². The molecular weight excluding hydrogens is 210 g/mol. The average Bonchev–Trinajstić information content (AvgIpc) is 2.14. The lowest BCUT2D eigenvalue weighted by molar-refractivity contribution is -0.510. The van der Waals surface area contributed by atoms with Crippen molar-refractivity contribution < 1.29 is 24.0 Å². The summed E-state index contributed by atoms with van der Waals surface area (Å²) in [5.74, 6) is -2.18. The summed E-state index contributed by atoms with van der Waals surface area (Å²) in [7, 11) is 0.998. The number of methoxy groups -OCH3 is 1. The first-order chi connectivity index (χ1) is 6.97. The molecule has 0 aliphatic carbocycles. The van der Waals surface area contributed by atoms with E-state index in [1.807, 2.05) is 5.32 Å². The molecule has 1 aliphatic rings. The fourth-order valence-electron chi connectivity index (χ4n) is 1.13. The molecule has 0 aromatic carbocycles. The van der Waals surface area contributed by atoms with Crippen LogP contribution in [0.5, 0.6) is 0 Å². The van der Waals surface area contributed by atoms with Gasteiger partial charge >= 0.3 is 23.9 Å². The fraction of sp³-hybridized carbons (Fsp3) is 0.500. The summed E-state index contributed by atoms with van der Waals surface area (Å²) in [5, 5.41) is 14.1. The molecule has 2 unspecified atom stereocenters. The molecule has 1 saturated heterocycles. The number of carbonyl (C=O) groups excluding carboxylic acids is 3. The summed E-state index contributed by atoms with van der Waals surface area (Å²) >= 11 is 0. The predicted molar refractivity (Wildman–Crippen MR) is 43.3 cm³/mol. The zero-order chi connectivity index (χ0) is 11.6. The molecule has 0 radical (unpaired) electrons. The normalized spacial score (nSPS) is 25.1. The number of urea groups is 1. The second-order valence-electron chi connectivity index (χ2n) is 2.69. The van der Waals surface area contributed by atoms with Gasteiger partial charge in [-0.3, -0.25) is 20.2 Å². The van der Waals surface area contributed by atoms with Gasteiger partial charge in [-0.05, 0) is 0 Å². The van der Waals surface area contributed by atoms with E-state index in [9.17, 15) is 24.5 Å². The molecule has 2 atom stereocenters. The average molecular weight is 217 g/mol. The monoisotopic (exact) mass is 217 g/mol. The van der Waals surface area contributed by atoms with Crippen LogP contribution in [-0.2, 0) is 14.3 Å². The van der Waals surface area contributed by atoms with E-state index in [2.05, 4.69) is 4.74 Å². The lowest BCUT2D eigenvalue weighted by Crippen LogP contribution is -2.66. The van der Waals surface area contributed by atoms with Crippen LogP contribution in [0.4, 0.5) is 4.79 Å². The number of esters is 1. The molecule has 1 fully saturated rings. The standard InChI is InChI=1S/C6H7N3O6/c1-15-5(11)2-3(9(13)14)4(10)8-6(12)7-2/h2-3H,1H3,(H2,7,8,10,12). The largest absolute Gasteiger partial charge is 0.467 e. The Bertz CT molecular complexity index is 340. The van der Waals surface area contributed by atoms with Gasteiger partial charge in [-0.15, -0.1) is 0 Å². The van der Waals surface area contributed by atoms with Crippen LogP contribution in [0, 0.1) is 10.1 Å². The summed E-state index contributed by atoms with van der Waals surface area (Å²) in [6.07, 6.45) is 0. The molecular formula is C6H7N3O6. The lowest BCUT2D eigenvalue weighted by Gasteiger charge is -2.23. The van der Waals surface area contributed by atoms with Crippen LogP contribution in [0.2, 0.25) is 0 Å². The molecule has 0 bridgehead atoms. The van der Waals surface area contributed by atoms with Crippen LogP contribution in [0.3, 0.4) is 0 Å². The van der Waals surface area contributed by atoms with Crippen molar-refractivity contribution >= 4 is 17.9 Å². The maximum absolute atomic E-state index is 11.1. The molecule has 9 nitrogen and oxygen atoms in total. The third-order valence-corrected chi connectivity index (χ3v) is 1.79. The van der Waals surface area contributed by atoms with Crippen molar-refractivity contribution in [3.63, 3.8) is 0 Å². The molecule has 9 heteroatoms. The Morgan fingerprint density at radius 1 is 1.53 bits per heavy atom. The third kappa shape index (κ3) is 2.00. The third-order valence-electron chi connectivity index (χ3n) is 1.79. The maximum atomic E-state index is 11.1. The Labute approximate surface area is 82.9 Å². The molecule has 3 amide bonds. The van der Waals surface area contributed by atoms with Gasteiger partial charge in [0.1, 0.15) is 0 Å². The molecule has 15 heavy (non-hydrogen) atoms. The Morgan fingerprint density at radius 3 is 2.60 bits per heavy atom. The number of hydrogen-bond acceptors (Lipinski definition) is 6. The number of hydrogen-bond donors (Lipinski definition) is 2. The van der Waals surface area contributed by atoms with Crippen molar-refractivity contribution in [2.24, 2.45) is 0 Å². The minimum absolute atomic E-state index is 0.962. The summed E-state index contributed by atoms with van der Waals surface area (Å²) in [6.45, 7) is 0. The van der Waals surface area contributed by atoms with Gasteiger partial charge in [0, 0.05) is 4.92 Å². The Hall–Kier alpha value is -2.19. The summed E-state index contributed by atoms with van der Waals surface area (Å²) in [4.78, 5) is 42.4. The first kappa shape index (κ1) is 10.9. The van der Waals surface area contributed by atoms with Gasteiger partial charge in [-0.25, -0.2) is 9.59 Å². The minimum Gasteiger partial charge on any atom is -0.467 e. The van der Waals surface area contributed by atoms with Gasteiger partial charge in [0.05, 0.1) is 7.11 Å². The highest BCUT2D eigenvalue weighted by atomic mass is 16.6. The topological polar surface area (TPSA) is 128 Å². The molecule has 1 aliphatic heterocycles. The van der Waals surface area contributed by atoms with Crippen molar-refractivity contribution in [3.05, 3.63) is 10.1 Å². The zero-order valence-electron chi connectivity index (χ0n) is 7.55. The molecule has 1 heterocycles. The molecule has 0 aromatic rings. The van der Waals surface area contributed by atoms with Crippen molar-refractivity contribution in [1.82, 2.24) is 10.6 Å². The number of nitrogens with zero attached hydrogens (tertiary/aromatic N) is 1. The number of carbonyl (C=O) groups is 3. The van der Waals surface area contributed by atoms with Crippen LogP contribution >= 0.6 is 0 Å². The molecule has 0 aromatic heterocycles. The first-order valence-corrected chi connectivity index (χ1v) is 3.80. The number of ether oxygens (including phenoxy) is 1. The highest BCUT2D eigenvalue weighted by Crippen LogP contribution is 2.05. The highest BCUT2D eigenvalue weighted by molar-refractivity contribution is 6.04. The zero-order valence-corrected chi connectivity index (χ0v) is 7.55. The van der Waals surface area contributed by atoms with Crippen LogP contribution < -0.4 is 10.6 Å². The van der Waals surface area contributed by atoms with Crippen molar-refractivity contribution in [2.45, 2.75) is 12.1 Å². The fourth-order valence-corrected chi connectivity index (χ4v) is 1.13. The predicted octanol–water partition coefficient (Wildman–Crippen LogP) is -1.99. The molecule has 2 N–H and O–H groups in total. The smallest absolute Gasteiger partial charge is 0.336 e. The van der Waals surface area contributed by atoms with E-state index in [-0.39, 0.29) is 0 Å². The summed E-state index contributed by atoms with van der Waals surface area (Å²) in [6, 6.07) is -4.42. The second kappa shape index (κ2) is 3.90. The molecule has 0 spiro atoms. The molecule has 82 valence electrons.